The first kappa shape index (κ1) is 6.20. The van der Waals surface area contributed by atoms with Gasteiger partial charge in [-0.05, 0) is 25.0 Å². The average Bonchev–Trinajstić information content (AvgIpc) is 1.88. The molecule has 0 fully saturated rings. The van der Waals surface area contributed by atoms with E-state index >= 15 is 0 Å². The highest BCUT2D eigenvalue weighted by Gasteiger charge is 1.88. The van der Waals surface area contributed by atoms with Gasteiger partial charge in [0.1, 0.15) is 0 Å². The Bertz CT molecular complexity index is 196. The quantitative estimate of drug-likeness (QED) is 0.560. The first-order chi connectivity index (χ1) is 4.33. The van der Waals surface area contributed by atoms with Gasteiger partial charge in [-0.1, -0.05) is 6.92 Å². The van der Waals surface area contributed by atoms with Gasteiger partial charge in [0.05, 0.1) is 11.9 Å². The Morgan fingerprint density at radius 2 is 2.33 bits per heavy atom. The molecule has 0 aromatic carbocycles. The van der Waals surface area contributed by atoms with Crippen molar-refractivity contribution in [2.24, 2.45) is 0 Å². The van der Waals surface area contributed by atoms with Crippen molar-refractivity contribution in [3.63, 3.8) is 0 Å². The van der Waals surface area contributed by atoms with Crippen LogP contribution in [0.4, 0.5) is 0 Å². The summed E-state index contributed by atoms with van der Waals surface area (Å²) in [6.07, 6.45) is 3.74. The Hall–Kier alpha value is -0.920. The number of aromatic nitrogens is 2. The largest absolute Gasteiger partial charge is 0.159 e. The van der Waals surface area contributed by atoms with Gasteiger partial charge in [-0.25, -0.2) is 0 Å². The van der Waals surface area contributed by atoms with Crippen LogP contribution in [0.1, 0.15) is 18.2 Å². The molecular weight excluding hydrogens is 112 g/mol. The highest BCUT2D eigenvalue weighted by atomic mass is 15.1. The van der Waals surface area contributed by atoms with E-state index in [1.165, 1.54) is 0 Å². The van der Waals surface area contributed by atoms with E-state index in [9.17, 15) is 0 Å². The van der Waals surface area contributed by atoms with E-state index < -0.39 is 0 Å². The summed E-state index contributed by atoms with van der Waals surface area (Å²) in [6, 6.07) is 1.99. The van der Waals surface area contributed by atoms with Crippen LogP contribution in [0, 0.1) is 13.3 Å². The Balaban J connectivity index is 2.94. The van der Waals surface area contributed by atoms with Gasteiger partial charge in [0.25, 0.3) is 0 Å². The van der Waals surface area contributed by atoms with Crippen molar-refractivity contribution in [1.29, 1.82) is 0 Å². The molecule has 9 heavy (non-hydrogen) atoms. The normalized spacial score (nSPS) is 9.56. The van der Waals surface area contributed by atoms with Gasteiger partial charge in [0.15, 0.2) is 0 Å². The summed E-state index contributed by atoms with van der Waals surface area (Å²) in [5, 5.41) is 7.59. The van der Waals surface area contributed by atoms with E-state index in [0.29, 0.717) is 0 Å². The molecule has 1 rings (SSSR count). The lowest BCUT2D eigenvalue weighted by Crippen LogP contribution is -1.87. The minimum Gasteiger partial charge on any atom is -0.159 e. The lowest BCUT2D eigenvalue weighted by molar-refractivity contribution is 0.968. The highest BCUT2D eigenvalue weighted by Crippen LogP contribution is 1.99. The van der Waals surface area contributed by atoms with E-state index in [4.69, 9.17) is 0 Å². The summed E-state index contributed by atoms with van der Waals surface area (Å²) in [5.41, 5.74) is 2.09. The fourth-order valence-electron chi connectivity index (χ4n) is 0.652. The van der Waals surface area contributed by atoms with Crippen LogP contribution in [-0.2, 0) is 0 Å². The SMILES string of the molecule is C[CH]c1cnnc(C)c1. The van der Waals surface area contributed by atoms with Gasteiger partial charge < -0.3 is 0 Å². The molecule has 0 saturated carbocycles. The molecule has 1 aromatic heterocycles. The van der Waals surface area contributed by atoms with Crippen LogP contribution in [0.2, 0.25) is 0 Å². The maximum atomic E-state index is 3.82. The number of rotatable bonds is 1. The smallest absolute Gasteiger partial charge is 0.0603 e. The van der Waals surface area contributed by atoms with Crippen LogP contribution in [0.25, 0.3) is 0 Å². The van der Waals surface area contributed by atoms with Crippen LogP contribution in [0.15, 0.2) is 12.3 Å². The predicted molar refractivity (Wildman–Crippen MR) is 35.8 cm³/mol. The molecule has 1 aromatic rings. The monoisotopic (exact) mass is 121 g/mol. The van der Waals surface area contributed by atoms with Crippen LogP contribution >= 0.6 is 0 Å². The molecule has 1 heterocycles. The second kappa shape index (κ2) is 2.58. The molecule has 0 saturated heterocycles. The predicted octanol–water partition coefficient (Wildman–Crippen LogP) is 1.36. The van der Waals surface area contributed by atoms with Crippen LogP contribution in [0.3, 0.4) is 0 Å². The molecule has 0 aliphatic carbocycles. The molecule has 1 radical (unpaired) electrons. The van der Waals surface area contributed by atoms with Gasteiger partial charge in [0, 0.05) is 0 Å². The summed E-state index contributed by atoms with van der Waals surface area (Å²) >= 11 is 0. The van der Waals surface area contributed by atoms with Gasteiger partial charge in [-0.15, -0.1) is 0 Å². The fraction of sp³-hybridized carbons (Fsp3) is 0.286. The van der Waals surface area contributed by atoms with E-state index in [2.05, 4.69) is 10.2 Å². The average molecular weight is 121 g/mol. The van der Waals surface area contributed by atoms with Crippen molar-refractivity contribution >= 4 is 0 Å². The topological polar surface area (TPSA) is 25.8 Å². The number of aryl methyl sites for hydroxylation is 1. The van der Waals surface area contributed by atoms with Gasteiger partial charge in [-0.2, -0.15) is 10.2 Å². The molecule has 0 unspecified atom stereocenters. The lowest BCUT2D eigenvalue weighted by Gasteiger charge is -1.92. The molecule has 0 N–H and O–H groups in total. The zero-order chi connectivity index (χ0) is 6.69. The Labute approximate surface area is 54.9 Å². The summed E-state index contributed by atoms with van der Waals surface area (Å²) < 4.78 is 0. The Morgan fingerprint density at radius 3 is 2.78 bits per heavy atom. The van der Waals surface area contributed by atoms with Gasteiger partial charge in [0.2, 0.25) is 0 Å². The van der Waals surface area contributed by atoms with Gasteiger partial charge in [-0.3, -0.25) is 0 Å². The molecule has 0 aliphatic heterocycles. The van der Waals surface area contributed by atoms with Crippen molar-refractivity contribution in [2.75, 3.05) is 0 Å². The summed E-state index contributed by atoms with van der Waals surface area (Å²) in [4.78, 5) is 0. The van der Waals surface area contributed by atoms with E-state index in [0.717, 1.165) is 11.3 Å². The summed E-state index contributed by atoms with van der Waals surface area (Å²) in [5.74, 6) is 0. The summed E-state index contributed by atoms with van der Waals surface area (Å²) in [7, 11) is 0. The van der Waals surface area contributed by atoms with E-state index in [1.54, 1.807) is 6.20 Å². The standard InChI is InChI=1S/C7H9N2/c1-3-7-4-6(2)9-8-5-7/h3-5H,1-2H3. The molecule has 2 heteroatoms. The van der Waals surface area contributed by atoms with Gasteiger partial charge >= 0.3 is 0 Å². The molecule has 0 aliphatic rings. The Morgan fingerprint density at radius 1 is 1.56 bits per heavy atom. The second-order valence-corrected chi connectivity index (χ2v) is 1.92. The number of hydrogen-bond acceptors (Lipinski definition) is 2. The first-order valence-corrected chi connectivity index (χ1v) is 2.91. The van der Waals surface area contributed by atoms with Crippen molar-refractivity contribution < 1.29 is 0 Å². The molecule has 0 bridgehead atoms. The highest BCUT2D eigenvalue weighted by molar-refractivity contribution is 5.18. The van der Waals surface area contributed by atoms with Crippen LogP contribution in [-0.4, -0.2) is 10.2 Å². The fourth-order valence-corrected chi connectivity index (χ4v) is 0.652. The Kier molecular flexibility index (Phi) is 1.78. The zero-order valence-corrected chi connectivity index (χ0v) is 5.63. The maximum Gasteiger partial charge on any atom is 0.0603 e. The maximum absolute atomic E-state index is 3.82. The number of nitrogens with zero attached hydrogens (tertiary/aromatic N) is 2. The van der Waals surface area contributed by atoms with E-state index in [1.807, 2.05) is 26.3 Å². The molecule has 47 valence electrons. The first-order valence-electron chi connectivity index (χ1n) is 2.91. The van der Waals surface area contributed by atoms with Crippen molar-refractivity contribution in [2.45, 2.75) is 13.8 Å². The van der Waals surface area contributed by atoms with Crippen molar-refractivity contribution in [3.05, 3.63) is 29.9 Å². The molecular formula is C7H9N2. The summed E-state index contributed by atoms with van der Waals surface area (Å²) in [6.45, 7) is 3.91. The molecule has 2 nitrogen and oxygen atoms in total. The van der Waals surface area contributed by atoms with E-state index in [-0.39, 0.29) is 0 Å². The lowest BCUT2D eigenvalue weighted by atomic mass is 10.2. The van der Waals surface area contributed by atoms with Crippen molar-refractivity contribution in [3.8, 4) is 0 Å². The molecule has 0 atom stereocenters. The molecule has 0 spiro atoms. The zero-order valence-electron chi connectivity index (χ0n) is 5.63. The minimum atomic E-state index is 0.964. The third-order valence-electron chi connectivity index (χ3n) is 1.13. The third-order valence-corrected chi connectivity index (χ3v) is 1.13. The van der Waals surface area contributed by atoms with Crippen LogP contribution in [0.5, 0.6) is 0 Å². The third kappa shape index (κ3) is 1.49. The van der Waals surface area contributed by atoms with Crippen LogP contribution < -0.4 is 0 Å². The molecule has 0 amide bonds. The minimum absolute atomic E-state index is 0.964. The second-order valence-electron chi connectivity index (χ2n) is 1.92. The number of hydrogen-bond donors (Lipinski definition) is 0. The van der Waals surface area contributed by atoms with Crippen molar-refractivity contribution in [1.82, 2.24) is 10.2 Å².